The minimum absolute atomic E-state index is 0.107. The molecule has 1 amide bonds. The van der Waals surface area contributed by atoms with Crippen LogP contribution >= 0.6 is 23.1 Å². The van der Waals surface area contributed by atoms with E-state index >= 15 is 0 Å². The molecule has 8 heteroatoms. The summed E-state index contributed by atoms with van der Waals surface area (Å²) in [7, 11) is 1.58. The van der Waals surface area contributed by atoms with E-state index in [1.165, 1.54) is 28.0 Å². The first-order chi connectivity index (χ1) is 15.2. The van der Waals surface area contributed by atoms with Crippen molar-refractivity contribution >= 4 is 34.0 Å². The Labute approximate surface area is 198 Å². The lowest BCUT2D eigenvalue weighted by Crippen LogP contribution is -2.26. The number of amides is 1. The van der Waals surface area contributed by atoms with E-state index < -0.39 is 0 Å². The van der Waals surface area contributed by atoms with E-state index in [9.17, 15) is 15.3 Å². The van der Waals surface area contributed by atoms with Crippen LogP contribution in [0.1, 0.15) is 60.0 Å². The molecule has 0 saturated heterocycles. The Balaban J connectivity index is 1.74. The fourth-order valence-corrected chi connectivity index (χ4v) is 6.20. The fourth-order valence-electron chi connectivity index (χ4n) is 4.03. The maximum atomic E-state index is 12.7. The highest BCUT2D eigenvalue weighted by molar-refractivity contribution is 8.00. The number of hydrogen-bond donors (Lipinski definition) is 1. The van der Waals surface area contributed by atoms with Crippen LogP contribution in [0.3, 0.4) is 0 Å². The zero-order valence-electron chi connectivity index (χ0n) is 19.2. The van der Waals surface area contributed by atoms with Gasteiger partial charge in [0.15, 0.2) is 0 Å². The largest absolute Gasteiger partial charge is 0.380 e. The number of anilines is 1. The molecule has 32 heavy (non-hydrogen) atoms. The number of pyridine rings is 1. The number of nitrogens with one attached hydrogen (secondary N) is 1. The van der Waals surface area contributed by atoms with Crippen LogP contribution in [-0.2, 0) is 29.0 Å². The molecule has 0 aliphatic heterocycles. The molecule has 0 bridgehead atoms. The average molecular weight is 469 g/mol. The molecule has 1 aliphatic carbocycles. The van der Waals surface area contributed by atoms with Crippen LogP contribution in [0.15, 0.2) is 11.1 Å². The smallest absolute Gasteiger partial charge is 0.235 e. The lowest BCUT2D eigenvalue weighted by Gasteiger charge is -2.33. The molecule has 1 N–H and O–H groups in total. The Kier molecular flexibility index (Phi) is 7.61. The van der Waals surface area contributed by atoms with Gasteiger partial charge in [0.2, 0.25) is 5.91 Å². The topological polar surface area (TPSA) is 98.8 Å². The van der Waals surface area contributed by atoms with Gasteiger partial charge in [-0.2, -0.15) is 10.5 Å². The van der Waals surface area contributed by atoms with Gasteiger partial charge in [-0.25, -0.2) is 4.98 Å². The van der Waals surface area contributed by atoms with Crippen LogP contribution in [0, 0.1) is 40.9 Å². The molecule has 2 heterocycles. The van der Waals surface area contributed by atoms with Crippen molar-refractivity contribution in [2.75, 3.05) is 18.2 Å². The van der Waals surface area contributed by atoms with E-state index in [1.54, 1.807) is 7.11 Å². The number of fused-ring (bicyclic) bond motifs is 1. The minimum atomic E-state index is -0.210. The summed E-state index contributed by atoms with van der Waals surface area (Å²) in [6, 6.07) is 6.31. The lowest BCUT2D eigenvalue weighted by molar-refractivity contribution is -0.113. The first-order valence-corrected chi connectivity index (χ1v) is 12.3. The van der Waals surface area contributed by atoms with Crippen molar-refractivity contribution in [3.63, 3.8) is 0 Å². The number of nitrogens with zero attached hydrogens (tertiary/aromatic N) is 3. The summed E-state index contributed by atoms with van der Waals surface area (Å²) in [4.78, 5) is 18.4. The summed E-state index contributed by atoms with van der Waals surface area (Å²) in [6.07, 6.45) is 2.89. The van der Waals surface area contributed by atoms with Crippen molar-refractivity contribution in [3.05, 3.63) is 38.9 Å². The van der Waals surface area contributed by atoms with E-state index in [2.05, 4.69) is 43.2 Å². The van der Waals surface area contributed by atoms with E-state index in [4.69, 9.17) is 4.74 Å². The summed E-state index contributed by atoms with van der Waals surface area (Å²) >= 11 is 2.75. The number of thioether (sulfide) groups is 1. The highest BCUT2D eigenvalue weighted by Gasteiger charge is 2.32. The zero-order valence-corrected chi connectivity index (χ0v) is 20.8. The quantitative estimate of drug-likeness (QED) is 0.583. The molecule has 3 rings (SSSR count). The molecule has 2 aromatic heterocycles. The third kappa shape index (κ3) is 5.32. The van der Waals surface area contributed by atoms with Crippen LogP contribution in [0.5, 0.6) is 0 Å². The first-order valence-electron chi connectivity index (χ1n) is 10.5. The Morgan fingerprint density at radius 2 is 2.06 bits per heavy atom. The van der Waals surface area contributed by atoms with Crippen molar-refractivity contribution in [2.45, 2.75) is 58.6 Å². The second-order valence-electron chi connectivity index (χ2n) is 9.11. The summed E-state index contributed by atoms with van der Waals surface area (Å²) in [5, 5.41) is 23.4. The average Bonchev–Trinajstić information content (AvgIpc) is 3.07. The van der Waals surface area contributed by atoms with Crippen LogP contribution in [0.4, 0.5) is 5.00 Å². The van der Waals surface area contributed by atoms with Gasteiger partial charge in [0.05, 0.1) is 23.5 Å². The molecule has 2 aromatic rings. The van der Waals surface area contributed by atoms with Crippen LogP contribution in [0.25, 0.3) is 0 Å². The van der Waals surface area contributed by atoms with Crippen molar-refractivity contribution in [3.8, 4) is 12.1 Å². The predicted octanol–water partition coefficient (Wildman–Crippen LogP) is 5.22. The Morgan fingerprint density at radius 3 is 2.69 bits per heavy atom. The summed E-state index contributed by atoms with van der Waals surface area (Å²) in [6.45, 7) is 8.94. The third-order valence-electron chi connectivity index (χ3n) is 5.80. The number of aryl methyl sites for hydroxylation is 1. The van der Waals surface area contributed by atoms with E-state index in [0.717, 1.165) is 36.1 Å². The predicted molar refractivity (Wildman–Crippen MR) is 128 cm³/mol. The zero-order chi connectivity index (χ0) is 23.5. The van der Waals surface area contributed by atoms with E-state index in [1.807, 2.05) is 13.0 Å². The number of carbonyl (C=O) groups is 1. The van der Waals surface area contributed by atoms with Gasteiger partial charge in [-0.15, -0.1) is 11.3 Å². The van der Waals surface area contributed by atoms with Gasteiger partial charge in [-0.3, -0.25) is 4.79 Å². The summed E-state index contributed by atoms with van der Waals surface area (Å²) in [5.41, 5.74) is 3.88. The van der Waals surface area contributed by atoms with Crippen molar-refractivity contribution in [1.29, 1.82) is 10.5 Å². The highest BCUT2D eigenvalue weighted by Crippen LogP contribution is 2.44. The monoisotopic (exact) mass is 468 g/mol. The maximum absolute atomic E-state index is 12.7. The maximum Gasteiger partial charge on any atom is 0.235 e. The third-order valence-corrected chi connectivity index (χ3v) is 7.95. The molecule has 0 radical (unpaired) electrons. The number of ether oxygens (including phenoxy) is 1. The van der Waals surface area contributed by atoms with Gasteiger partial charge >= 0.3 is 0 Å². The van der Waals surface area contributed by atoms with Crippen LogP contribution in [0.2, 0.25) is 0 Å². The molecule has 6 nitrogen and oxygen atoms in total. The molecular weight excluding hydrogens is 440 g/mol. The van der Waals surface area contributed by atoms with Gasteiger partial charge < -0.3 is 10.1 Å². The minimum Gasteiger partial charge on any atom is -0.380 e. The number of hydrogen-bond acceptors (Lipinski definition) is 7. The van der Waals surface area contributed by atoms with E-state index in [-0.39, 0.29) is 17.1 Å². The summed E-state index contributed by atoms with van der Waals surface area (Å²) < 4.78 is 5.18. The molecular formula is C24H28N4O2S2. The number of aromatic nitrogens is 1. The first kappa shape index (κ1) is 24.3. The molecule has 0 fully saturated rings. The normalized spacial score (nSPS) is 15.5. The number of methoxy groups -OCH3 is 1. The van der Waals surface area contributed by atoms with Crippen LogP contribution in [-0.4, -0.2) is 23.8 Å². The van der Waals surface area contributed by atoms with E-state index in [0.29, 0.717) is 33.7 Å². The second-order valence-corrected chi connectivity index (χ2v) is 11.2. The lowest BCUT2D eigenvalue weighted by atomic mass is 9.72. The van der Waals surface area contributed by atoms with Gasteiger partial charge in [-0.05, 0) is 54.7 Å². The number of thiophene rings is 1. The van der Waals surface area contributed by atoms with Crippen LogP contribution < -0.4 is 5.32 Å². The Bertz CT molecular complexity index is 1100. The molecule has 0 aromatic carbocycles. The Morgan fingerprint density at radius 1 is 1.34 bits per heavy atom. The molecule has 1 atom stereocenters. The molecule has 0 spiro atoms. The molecule has 1 aliphatic rings. The Hall–Kier alpha value is -2.39. The van der Waals surface area contributed by atoms with Gasteiger partial charge in [0.25, 0.3) is 0 Å². The van der Waals surface area contributed by atoms with Gasteiger partial charge in [0.1, 0.15) is 22.2 Å². The molecule has 0 saturated carbocycles. The van der Waals surface area contributed by atoms with Crippen molar-refractivity contribution in [1.82, 2.24) is 4.98 Å². The SMILES string of the molecule is COCc1cc(C)nc(SCC(=O)Nc2sc3c(c2C#N)CC[C@@H](C(C)(C)C)C3)c1C#N. The summed E-state index contributed by atoms with van der Waals surface area (Å²) in [5.74, 6) is 0.464. The fraction of sp³-hybridized carbons (Fsp3) is 0.500. The van der Waals surface area contributed by atoms with Crippen molar-refractivity contribution in [2.24, 2.45) is 11.3 Å². The number of rotatable bonds is 6. The molecule has 0 unspecified atom stereocenters. The van der Waals surface area contributed by atoms with Gasteiger partial charge in [0, 0.05) is 17.7 Å². The van der Waals surface area contributed by atoms with Crippen molar-refractivity contribution < 1.29 is 9.53 Å². The highest BCUT2D eigenvalue weighted by atomic mass is 32.2. The number of carbonyl (C=O) groups excluding carboxylic acids is 1. The standard InChI is InChI=1S/C24H28N4O2S2/c1-14-8-15(12-30-5)18(10-25)22(27-14)31-13-21(29)28-23-19(11-26)17-7-6-16(24(2,3)4)9-20(17)32-23/h8,16H,6-7,9,12-13H2,1-5H3,(H,28,29)/t16-/m1/s1. The number of nitriles is 2. The second kappa shape index (κ2) is 10.0. The van der Waals surface area contributed by atoms with Gasteiger partial charge in [-0.1, -0.05) is 32.5 Å². The molecule has 168 valence electrons.